The molecule has 0 aliphatic heterocycles. The minimum Gasteiger partial charge on any atom is -0.494 e. The van der Waals surface area contributed by atoms with E-state index in [9.17, 15) is 19.5 Å². The number of hydrogen-bond donors (Lipinski definition) is 1. The Morgan fingerprint density at radius 2 is 0.736 bits per heavy atom. The summed E-state index contributed by atoms with van der Waals surface area (Å²) in [4.78, 5) is 37.7. The van der Waals surface area contributed by atoms with Gasteiger partial charge in [-0.05, 0) is 73.5 Å². The first-order valence-corrected chi connectivity index (χ1v) is 20.2. The van der Waals surface area contributed by atoms with Crippen LogP contribution in [0.1, 0.15) is 173 Å². The van der Waals surface area contributed by atoms with Crippen molar-refractivity contribution in [2.45, 2.75) is 142 Å². The molecule has 0 fully saturated rings. The number of rotatable bonds is 29. The lowest BCUT2D eigenvalue weighted by Crippen LogP contribution is -2.11. The molecule has 0 aliphatic carbocycles. The van der Waals surface area contributed by atoms with Gasteiger partial charge in [-0.1, -0.05) is 129 Å². The van der Waals surface area contributed by atoms with Gasteiger partial charge in [0, 0.05) is 6.07 Å². The monoisotopic (exact) mass is 730 g/mol. The molecule has 0 unspecified atom stereocenters. The Morgan fingerprint density at radius 1 is 0.415 bits per heavy atom. The summed E-state index contributed by atoms with van der Waals surface area (Å²) < 4.78 is 22.7. The zero-order valence-corrected chi connectivity index (χ0v) is 32.2. The Labute approximate surface area is 317 Å². The van der Waals surface area contributed by atoms with Crippen LogP contribution >= 0.6 is 0 Å². The third kappa shape index (κ3) is 18.3. The Morgan fingerprint density at radius 3 is 1.06 bits per heavy atom. The predicted octanol–water partition coefficient (Wildman–Crippen LogP) is 12.4. The molecule has 0 aromatic heterocycles. The molecule has 8 nitrogen and oxygen atoms in total. The first-order valence-electron chi connectivity index (χ1n) is 20.2. The van der Waals surface area contributed by atoms with Gasteiger partial charge in [-0.15, -0.1) is 0 Å². The van der Waals surface area contributed by atoms with Gasteiger partial charge in [-0.25, -0.2) is 14.4 Å². The molecular weight excluding hydrogens is 668 g/mol. The van der Waals surface area contributed by atoms with Crippen molar-refractivity contribution in [3.8, 4) is 23.0 Å². The van der Waals surface area contributed by atoms with Crippen molar-refractivity contribution in [3.63, 3.8) is 0 Å². The van der Waals surface area contributed by atoms with Gasteiger partial charge in [-0.3, -0.25) is 0 Å². The van der Waals surface area contributed by atoms with E-state index in [0.29, 0.717) is 24.7 Å². The Hall–Kier alpha value is -4.33. The van der Waals surface area contributed by atoms with Gasteiger partial charge < -0.3 is 24.1 Å². The maximum atomic E-state index is 12.9. The maximum absolute atomic E-state index is 12.9. The molecule has 53 heavy (non-hydrogen) atoms. The summed E-state index contributed by atoms with van der Waals surface area (Å²) in [5.41, 5.74) is 0.349. The second-order valence-electron chi connectivity index (χ2n) is 13.9. The largest absolute Gasteiger partial charge is 0.494 e. The van der Waals surface area contributed by atoms with Crippen LogP contribution in [0, 0.1) is 0 Å². The van der Waals surface area contributed by atoms with Gasteiger partial charge in [0.05, 0.1) is 29.9 Å². The minimum absolute atomic E-state index is 0.0605. The molecular formula is C45H62O8. The number of esters is 2. The number of aromatic carboxylic acids is 1. The van der Waals surface area contributed by atoms with Crippen LogP contribution in [0.5, 0.6) is 23.0 Å². The minimum atomic E-state index is -1.26. The van der Waals surface area contributed by atoms with E-state index in [2.05, 4.69) is 13.8 Å². The first kappa shape index (κ1) is 43.1. The number of benzene rings is 3. The molecule has 290 valence electrons. The smallest absolute Gasteiger partial charge is 0.343 e. The fourth-order valence-electron chi connectivity index (χ4n) is 6.08. The average molecular weight is 731 g/mol. The van der Waals surface area contributed by atoms with Crippen molar-refractivity contribution in [2.24, 2.45) is 0 Å². The van der Waals surface area contributed by atoms with Crippen LogP contribution in [-0.4, -0.2) is 36.2 Å². The molecule has 0 bridgehead atoms. The summed E-state index contributed by atoms with van der Waals surface area (Å²) in [5, 5.41) is 9.65. The van der Waals surface area contributed by atoms with Crippen LogP contribution in [0.25, 0.3) is 0 Å². The highest BCUT2D eigenvalue weighted by Gasteiger charge is 2.16. The zero-order valence-electron chi connectivity index (χ0n) is 32.2. The first-order chi connectivity index (χ1) is 25.9. The van der Waals surface area contributed by atoms with Gasteiger partial charge >= 0.3 is 17.9 Å². The lowest BCUT2D eigenvalue weighted by molar-refractivity contribution is 0.0680. The molecule has 0 heterocycles. The standard InChI is InChI=1S/C45H62O8/c1-3-5-7-9-11-13-15-17-19-21-31-50-39-27-23-36(24-28-39)44(48)52-41-33-38(43(46)47)34-42(35-41)53-45(49)37-25-29-40(30-26-37)51-32-22-20-18-16-14-12-10-8-6-4-2/h23-30,33-35H,3-22,31-32H2,1-2H3,(H,46,47). The average Bonchev–Trinajstić information content (AvgIpc) is 3.16. The van der Waals surface area contributed by atoms with E-state index in [1.54, 1.807) is 48.5 Å². The second kappa shape index (κ2) is 26.4. The van der Waals surface area contributed by atoms with Crippen molar-refractivity contribution in [1.29, 1.82) is 0 Å². The molecule has 0 aliphatic rings. The molecule has 0 atom stereocenters. The fourth-order valence-corrected chi connectivity index (χ4v) is 6.08. The zero-order chi connectivity index (χ0) is 37.9. The van der Waals surface area contributed by atoms with E-state index in [1.165, 1.54) is 121 Å². The number of carbonyl (C=O) groups excluding carboxylic acids is 2. The summed E-state index contributed by atoms with van der Waals surface area (Å²) in [5.74, 6) is -1.42. The van der Waals surface area contributed by atoms with E-state index in [-0.39, 0.29) is 28.2 Å². The normalized spacial score (nSPS) is 10.9. The van der Waals surface area contributed by atoms with Crippen LogP contribution in [0.2, 0.25) is 0 Å². The topological polar surface area (TPSA) is 108 Å². The van der Waals surface area contributed by atoms with Gasteiger partial charge in [-0.2, -0.15) is 0 Å². The highest BCUT2D eigenvalue weighted by molar-refractivity contribution is 5.94. The van der Waals surface area contributed by atoms with Gasteiger partial charge in [0.25, 0.3) is 0 Å². The number of carbonyl (C=O) groups is 3. The molecule has 3 rings (SSSR count). The van der Waals surface area contributed by atoms with Gasteiger partial charge in [0.2, 0.25) is 0 Å². The molecule has 0 saturated heterocycles. The van der Waals surface area contributed by atoms with Crippen LogP contribution < -0.4 is 18.9 Å². The SMILES string of the molecule is CCCCCCCCCCCCOc1ccc(C(=O)Oc2cc(OC(=O)c3ccc(OCCCCCCCCCCCC)cc3)cc(C(=O)O)c2)cc1. The van der Waals surface area contributed by atoms with Crippen LogP contribution in [-0.2, 0) is 0 Å². The van der Waals surface area contributed by atoms with Gasteiger partial charge in [0.15, 0.2) is 0 Å². The van der Waals surface area contributed by atoms with Crippen molar-refractivity contribution < 1.29 is 38.4 Å². The molecule has 0 amide bonds. The third-order valence-corrected chi connectivity index (χ3v) is 9.26. The summed E-state index contributed by atoms with van der Waals surface area (Å²) in [7, 11) is 0. The lowest BCUT2D eigenvalue weighted by Gasteiger charge is -2.11. The molecule has 3 aromatic rings. The summed E-state index contributed by atoms with van der Waals surface area (Å²) in [6.07, 6.45) is 25.1. The Balaban J connectivity index is 1.40. The molecule has 3 aromatic carbocycles. The molecule has 1 N–H and O–H groups in total. The highest BCUT2D eigenvalue weighted by Crippen LogP contribution is 2.26. The van der Waals surface area contributed by atoms with Crippen LogP contribution in [0.4, 0.5) is 0 Å². The summed E-state index contributed by atoms with van der Waals surface area (Å²) >= 11 is 0. The molecule has 0 spiro atoms. The Kier molecular flexibility index (Phi) is 21.5. The van der Waals surface area contributed by atoms with Crippen LogP contribution in [0.3, 0.4) is 0 Å². The van der Waals surface area contributed by atoms with Crippen molar-refractivity contribution in [2.75, 3.05) is 13.2 Å². The highest BCUT2D eigenvalue weighted by atomic mass is 16.5. The quantitative estimate of drug-likeness (QED) is 0.0427. The molecule has 0 saturated carbocycles. The lowest BCUT2D eigenvalue weighted by atomic mass is 10.1. The fraction of sp³-hybridized carbons (Fsp3) is 0.533. The molecule has 0 radical (unpaired) electrons. The van der Waals surface area contributed by atoms with Crippen LogP contribution in [0.15, 0.2) is 66.7 Å². The van der Waals surface area contributed by atoms with Crippen molar-refractivity contribution >= 4 is 17.9 Å². The van der Waals surface area contributed by atoms with E-state index in [0.717, 1.165) is 25.7 Å². The number of hydrogen-bond acceptors (Lipinski definition) is 7. The number of ether oxygens (including phenoxy) is 4. The number of carboxylic acid groups (broad SMARTS) is 1. The van der Waals surface area contributed by atoms with E-state index < -0.39 is 17.9 Å². The molecule has 8 heteroatoms. The Bertz CT molecular complexity index is 1360. The van der Waals surface area contributed by atoms with Crippen molar-refractivity contribution in [1.82, 2.24) is 0 Å². The number of unbranched alkanes of at least 4 members (excludes halogenated alkanes) is 18. The second-order valence-corrected chi connectivity index (χ2v) is 13.9. The third-order valence-electron chi connectivity index (χ3n) is 9.26. The summed E-state index contributed by atoms with van der Waals surface area (Å²) in [6, 6.07) is 17.0. The van der Waals surface area contributed by atoms with Gasteiger partial charge in [0.1, 0.15) is 23.0 Å². The van der Waals surface area contributed by atoms with E-state index in [1.807, 2.05) is 0 Å². The summed E-state index contributed by atoms with van der Waals surface area (Å²) in [6.45, 7) is 5.70. The number of carboxylic acids is 1. The van der Waals surface area contributed by atoms with E-state index in [4.69, 9.17) is 18.9 Å². The maximum Gasteiger partial charge on any atom is 0.343 e. The van der Waals surface area contributed by atoms with Crippen molar-refractivity contribution in [3.05, 3.63) is 83.4 Å². The van der Waals surface area contributed by atoms with E-state index >= 15 is 0 Å². The predicted molar refractivity (Wildman–Crippen MR) is 211 cm³/mol.